The Bertz CT molecular complexity index is 1450. The lowest BCUT2D eigenvalue weighted by Gasteiger charge is -2.37. The van der Waals surface area contributed by atoms with Crippen LogP contribution in [0.1, 0.15) is 73.3 Å². The van der Waals surface area contributed by atoms with Gasteiger partial charge < -0.3 is 24.0 Å². The molecule has 2 aromatic heterocycles. The van der Waals surface area contributed by atoms with Gasteiger partial charge in [0.05, 0.1) is 5.56 Å². The Hall–Kier alpha value is -3.67. The molecule has 2 atom stereocenters. The van der Waals surface area contributed by atoms with E-state index in [1.165, 1.54) is 12.1 Å². The standard InChI is InChI=1S/C31H37F2N7O3/c1-2-40(24-7-11-38(12-8-24)30-36-27(37-43-30)26-4-3-13-42-26)28(41)21-16-34-29(35-17-21)39-18-22(31(19-39)9-10-31)14-20-15-23(32)5-6-25(20)33/h5-6,15-17,22,24,26H,2-4,7-14,18-19H2,1H3/t22?,26-/m0/s1. The van der Waals surface area contributed by atoms with Crippen LogP contribution in [0.2, 0.25) is 0 Å². The van der Waals surface area contributed by atoms with E-state index in [-0.39, 0.29) is 35.2 Å². The zero-order valence-corrected chi connectivity index (χ0v) is 24.4. The molecule has 4 aliphatic rings. The van der Waals surface area contributed by atoms with Crippen molar-refractivity contribution < 1.29 is 22.8 Å². The van der Waals surface area contributed by atoms with Gasteiger partial charge in [-0.05, 0) is 87.0 Å². The number of amides is 1. The molecule has 3 aromatic rings. The first kappa shape index (κ1) is 28.1. The number of halogens is 2. The second-order valence-electron chi connectivity index (χ2n) is 12.4. The van der Waals surface area contributed by atoms with E-state index in [0.717, 1.165) is 57.7 Å². The number of anilines is 2. The van der Waals surface area contributed by atoms with E-state index in [1.807, 2.05) is 11.8 Å². The molecule has 3 aliphatic heterocycles. The summed E-state index contributed by atoms with van der Waals surface area (Å²) >= 11 is 0. The van der Waals surface area contributed by atoms with Crippen LogP contribution in [0, 0.1) is 23.0 Å². The van der Waals surface area contributed by atoms with Crippen LogP contribution >= 0.6 is 0 Å². The zero-order chi connectivity index (χ0) is 29.6. The van der Waals surface area contributed by atoms with Gasteiger partial charge in [0.15, 0.2) is 0 Å². The molecule has 228 valence electrons. The van der Waals surface area contributed by atoms with Gasteiger partial charge in [-0.3, -0.25) is 4.79 Å². The molecule has 10 nitrogen and oxygen atoms in total. The molecule has 1 aliphatic carbocycles. The number of ether oxygens (including phenoxy) is 1. The van der Waals surface area contributed by atoms with Crippen LogP contribution in [0.5, 0.6) is 0 Å². The van der Waals surface area contributed by atoms with Crippen molar-refractivity contribution >= 4 is 17.9 Å². The minimum absolute atomic E-state index is 0.0782. The van der Waals surface area contributed by atoms with Crippen molar-refractivity contribution in [2.24, 2.45) is 11.3 Å². The summed E-state index contributed by atoms with van der Waals surface area (Å²) in [5.41, 5.74) is 0.980. The van der Waals surface area contributed by atoms with Crippen molar-refractivity contribution in [2.75, 3.05) is 49.1 Å². The first-order valence-corrected chi connectivity index (χ1v) is 15.4. The smallest absolute Gasteiger partial charge is 0.324 e. The third kappa shape index (κ3) is 5.57. The second-order valence-corrected chi connectivity index (χ2v) is 12.4. The minimum atomic E-state index is -0.415. The topological polar surface area (TPSA) is 101 Å². The van der Waals surface area contributed by atoms with E-state index in [2.05, 4.69) is 29.9 Å². The first-order chi connectivity index (χ1) is 20.9. The van der Waals surface area contributed by atoms with Crippen molar-refractivity contribution in [2.45, 2.75) is 64.0 Å². The number of hydrogen-bond donors (Lipinski definition) is 0. The summed E-state index contributed by atoms with van der Waals surface area (Å²) in [5.74, 6) is 0.528. The highest BCUT2D eigenvalue weighted by Crippen LogP contribution is 2.57. The Morgan fingerprint density at radius 2 is 1.91 bits per heavy atom. The van der Waals surface area contributed by atoms with Crippen LogP contribution in [0.3, 0.4) is 0 Å². The number of carbonyl (C=O) groups is 1. The van der Waals surface area contributed by atoms with Gasteiger partial charge in [0.1, 0.15) is 17.7 Å². The molecule has 0 N–H and O–H groups in total. The number of hydrogen-bond acceptors (Lipinski definition) is 9. The highest BCUT2D eigenvalue weighted by molar-refractivity contribution is 5.94. The molecule has 3 saturated heterocycles. The number of rotatable bonds is 8. The first-order valence-electron chi connectivity index (χ1n) is 15.4. The van der Waals surface area contributed by atoms with E-state index in [9.17, 15) is 13.6 Å². The number of aromatic nitrogens is 4. The van der Waals surface area contributed by atoms with E-state index in [1.54, 1.807) is 12.4 Å². The van der Waals surface area contributed by atoms with Gasteiger partial charge in [-0.2, -0.15) is 4.98 Å². The van der Waals surface area contributed by atoms with Gasteiger partial charge in [0, 0.05) is 57.8 Å². The monoisotopic (exact) mass is 593 g/mol. The SMILES string of the molecule is CCN(C(=O)c1cnc(N2CC(Cc3cc(F)ccc3F)C3(CC3)C2)nc1)C1CCN(c2nc([C@@H]3CCCO3)no2)CC1. The molecule has 1 saturated carbocycles. The largest absolute Gasteiger partial charge is 0.370 e. The average Bonchev–Trinajstić information content (AvgIpc) is 3.38. The van der Waals surface area contributed by atoms with Gasteiger partial charge in [-0.25, -0.2) is 18.7 Å². The fraction of sp³-hybridized carbons (Fsp3) is 0.581. The van der Waals surface area contributed by atoms with Gasteiger partial charge in [0.2, 0.25) is 11.8 Å². The van der Waals surface area contributed by atoms with Crippen molar-refractivity contribution in [3.63, 3.8) is 0 Å². The quantitative estimate of drug-likeness (QED) is 0.372. The molecule has 1 aromatic carbocycles. The van der Waals surface area contributed by atoms with Crippen molar-refractivity contribution in [1.82, 2.24) is 25.0 Å². The molecular weight excluding hydrogens is 556 g/mol. The van der Waals surface area contributed by atoms with E-state index < -0.39 is 5.82 Å². The van der Waals surface area contributed by atoms with Crippen molar-refractivity contribution in [3.8, 4) is 0 Å². The van der Waals surface area contributed by atoms with Crippen LogP contribution in [0.4, 0.5) is 20.7 Å². The van der Waals surface area contributed by atoms with Crippen LogP contribution in [-0.2, 0) is 11.2 Å². The summed E-state index contributed by atoms with van der Waals surface area (Å²) in [6, 6.07) is 4.27. The third-order valence-corrected chi connectivity index (χ3v) is 9.77. The highest BCUT2D eigenvalue weighted by Gasteiger charge is 2.55. The summed E-state index contributed by atoms with van der Waals surface area (Å²) in [6.45, 7) is 6.21. The lowest BCUT2D eigenvalue weighted by atomic mass is 9.87. The Labute approximate surface area is 249 Å². The van der Waals surface area contributed by atoms with Gasteiger partial charge in [-0.1, -0.05) is 5.16 Å². The molecule has 5 heterocycles. The Morgan fingerprint density at radius 1 is 1.12 bits per heavy atom. The van der Waals surface area contributed by atoms with E-state index in [4.69, 9.17) is 9.26 Å². The molecule has 12 heteroatoms. The normalized spacial score (nSPS) is 23.3. The average molecular weight is 594 g/mol. The second kappa shape index (κ2) is 11.4. The van der Waals surface area contributed by atoms with Gasteiger partial charge >= 0.3 is 6.01 Å². The molecule has 1 amide bonds. The van der Waals surface area contributed by atoms with Crippen molar-refractivity contribution in [1.29, 1.82) is 0 Å². The minimum Gasteiger partial charge on any atom is -0.370 e. The molecule has 43 heavy (non-hydrogen) atoms. The Kier molecular flexibility index (Phi) is 7.48. The summed E-state index contributed by atoms with van der Waals surface area (Å²) in [6.07, 6.45) is 9.28. The summed E-state index contributed by atoms with van der Waals surface area (Å²) in [4.78, 5) is 33.4. The molecule has 0 bridgehead atoms. The molecular formula is C31H37F2N7O3. The Morgan fingerprint density at radius 3 is 2.60 bits per heavy atom. The van der Waals surface area contributed by atoms with Crippen LogP contribution in [0.25, 0.3) is 0 Å². The van der Waals surface area contributed by atoms with Crippen LogP contribution in [0.15, 0.2) is 35.1 Å². The van der Waals surface area contributed by atoms with Gasteiger partial charge in [0.25, 0.3) is 5.91 Å². The number of carbonyl (C=O) groups excluding carboxylic acids is 1. The summed E-state index contributed by atoms with van der Waals surface area (Å²) in [5, 5.41) is 4.12. The number of piperidine rings is 1. The maximum atomic E-state index is 14.4. The highest BCUT2D eigenvalue weighted by atomic mass is 19.1. The van der Waals surface area contributed by atoms with Crippen LogP contribution in [-0.4, -0.2) is 76.3 Å². The summed E-state index contributed by atoms with van der Waals surface area (Å²) < 4.78 is 39.3. The number of nitrogens with zero attached hydrogens (tertiary/aromatic N) is 7. The van der Waals surface area contributed by atoms with Crippen molar-refractivity contribution in [3.05, 3.63) is 59.2 Å². The Balaban J connectivity index is 0.963. The van der Waals surface area contributed by atoms with E-state index in [0.29, 0.717) is 61.5 Å². The summed E-state index contributed by atoms with van der Waals surface area (Å²) in [7, 11) is 0. The lowest BCUT2D eigenvalue weighted by molar-refractivity contribution is 0.0661. The molecule has 1 spiro atoms. The third-order valence-electron chi connectivity index (χ3n) is 9.77. The maximum Gasteiger partial charge on any atom is 0.324 e. The molecule has 0 radical (unpaired) electrons. The maximum absolute atomic E-state index is 14.4. The molecule has 4 fully saturated rings. The fourth-order valence-electron chi connectivity index (χ4n) is 7.12. The van der Waals surface area contributed by atoms with E-state index >= 15 is 0 Å². The molecule has 1 unspecified atom stereocenters. The van der Waals surface area contributed by atoms with Crippen LogP contribution < -0.4 is 9.80 Å². The predicted octanol–water partition coefficient (Wildman–Crippen LogP) is 4.58. The molecule has 7 rings (SSSR count). The lowest BCUT2D eigenvalue weighted by Crippen LogP contribution is -2.47. The number of benzene rings is 1. The van der Waals surface area contributed by atoms with Gasteiger partial charge in [-0.15, -0.1) is 0 Å². The predicted molar refractivity (Wildman–Crippen MR) is 154 cm³/mol. The fourth-order valence-corrected chi connectivity index (χ4v) is 7.12. The zero-order valence-electron chi connectivity index (χ0n) is 24.4.